The quantitative estimate of drug-likeness (QED) is 0.882. The SMILES string of the molecule is COc1cccc(C2Cc3cc(C(C)C)ccc3N2)c1. The van der Waals surface area contributed by atoms with Crippen LogP contribution in [0.5, 0.6) is 5.75 Å². The molecular weight excluding hydrogens is 246 g/mol. The molecule has 0 fully saturated rings. The third-order valence-electron chi connectivity index (χ3n) is 4.05. The second-order valence-corrected chi connectivity index (χ2v) is 5.75. The van der Waals surface area contributed by atoms with Gasteiger partial charge >= 0.3 is 0 Å². The van der Waals surface area contributed by atoms with E-state index < -0.39 is 0 Å². The van der Waals surface area contributed by atoms with Gasteiger partial charge in [-0.3, -0.25) is 0 Å². The molecule has 104 valence electrons. The molecule has 2 aromatic rings. The van der Waals surface area contributed by atoms with Gasteiger partial charge in [0.1, 0.15) is 5.75 Å². The fourth-order valence-corrected chi connectivity index (χ4v) is 2.80. The highest BCUT2D eigenvalue weighted by molar-refractivity contribution is 5.59. The van der Waals surface area contributed by atoms with Gasteiger partial charge in [-0.15, -0.1) is 0 Å². The Balaban J connectivity index is 1.86. The highest BCUT2D eigenvalue weighted by atomic mass is 16.5. The number of anilines is 1. The van der Waals surface area contributed by atoms with Crippen LogP contribution >= 0.6 is 0 Å². The van der Waals surface area contributed by atoms with Gasteiger partial charge in [0, 0.05) is 5.69 Å². The van der Waals surface area contributed by atoms with Crippen LogP contribution < -0.4 is 10.1 Å². The Morgan fingerprint density at radius 1 is 1.15 bits per heavy atom. The molecule has 0 aliphatic carbocycles. The Hall–Kier alpha value is -1.96. The molecule has 1 atom stereocenters. The zero-order valence-corrected chi connectivity index (χ0v) is 12.3. The molecule has 0 amide bonds. The van der Waals surface area contributed by atoms with E-state index in [1.165, 1.54) is 22.4 Å². The predicted octanol–water partition coefficient (Wildman–Crippen LogP) is 4.53. The molecule has 0 saturated carbocycles. The van der Waals surface area contributed by atoms with Crippen molar-refractivity contribution in [3.8, 4) is 5.75 Å². The topological polar surface area (TPSA) is 21.3 Å². The summed E-state index contributed by atoms with van der Waals surface area (Å²) in [5.74, 6) is 1.50. The Kier molecular flexibility index (Phi) is 3.39. The fourth-order valence-electron chi connectivity index (χ4n) is 2.80. The third kappa shape index (κ3) is 2.38. The summed E-state index contributed by atoms with van der Waals surface area (Å²) in [6, 6.07) is 15.5. The number of benzene rings is 2. The number of nitrogens with one attached hydrogen (secondary N) is 1. The van der Waals surface area contributed by atoms with Crippen LogP contribution in [0.3, 0.4) is 0 Å². The number of hydrogen-bond acceptors (Lipinski definition) is 2. The number of rotatable bonds is 3. The molecule has 0 saturated heterocycles. The molecule has 1 aliphatic rings. The highest BCUT2D eigenvalue weighted by Gasteiger charge is 2.22. The zero-order chi connectivity index (χ0) is 14.1. The van der Waals surface area contributed by atoms with Crippen molar-refractivity contribution in [2.24, 2.45) is 0 Å². The van der Waals surface area contributed by atoms with E-state index >= 15 is 0 Å². The monoisotopic (exact) mass is 267 g/mol. The maximum Gasteiger partial charge on any atom is 0.119 e. The van der Waals surface area contributed by atoms with Crippen LogP contribution in [-0.4, -0.2) is 7.11 Å². The lowest BCUT2D eigenvalue weighted by molar-refractivity contribution is 0.414. The second kappa shape index (κ2) is 5.20. The first-order valence-electron chi connectivity index (χ1n) is 7.20. The van der Waals surface area contributed by atoms with Crippen molar-refractivity contribution in [3.63, 3.8) is 0 Å². The zero-order valence-electron chi connectivity index (χ0n) is 12.3. The smallest absolute Gasteiger partial charge is 0.119 e. The molecule has 1 heterocycles. The largest absolute Gasteiger partial charge is 0.497 e. The second-order valence-electron chi connectivity index (χ2n) is 5.75. The van der Waals surface area contributed by atoms with Gasteiger partial charge in [0.05, 0.1) is 13.2 Å². The van der Waals surface area contributed by atoms with Gasteiger partial charge in [0.2, 0.25) is 0 Å². The summed E-state index contributed by atoms with van der Waals surface area (Å²) >= 11 is 0. The summed E-state index contributed by atoms with van der Waals surface area (Å²) in [6.45, 7) is 4.48. The maximum absolute atomic E-state index is 5.31. The van der Waals surface area contributed by atoms with Gasteiger partial charge < -0.3 is 10.1 Å². The van der Waals surface area contributed by atoms with E-state index in [0.29, 0.717) is 12.0 Å². The van der Waals surface area contributed by atoms with E-state index in [-0.39, 0.29) is 0 Å². The van der Waals surface area contributed by atoms with E-state index in [1.807, 2.05) is 6.07 Å². The van der Waals surface area contributed by atoms with Crippen molar-refractivity contribution in [1.82, 2.24) is 0 Å². The minimum atomic E-state index is 0.350. The summed E-state index contributed by atoms with van der Waals surface area (Å²) in [6.07, 6.45) is 1.04. The first-order valence-corrected chi connectivity index (χ1v) is 7.20. The van der Waals surface area contributed by atoms with Crippen molar-refractivity contribution in [2.45, 2.75) is 32.2 Å². The van der Waals surface area contributed by atoms with Crippen molar-refractivity contribution < 1.29 is 4.74 Å². The van der Waals surface area contributed by atoms with Gasteiger partial charge in [-0.05, 0) is 47.2 Å². The van der Waals surface area contributed by atoms with Gasteiger partial charge in [-0.1, -0.05) is 38.1 Å². The molecule has 0 radical (unpaired) electrons. The molecule has 0 bridgehead atoms. The maximum atomic E-state index is 5.31. The van der Waals surface area contributed by atoms with Gasteiger partial charge in [0.25, 0.3) is 0 Å². The fraction of sp³-hybridized carbons (Fsp3) is 0.333. The average molecular weight is 267 g/mol. The Morgan fingerprint density at radius 2 is 2.00 bits per heavy atom. The minimum absolute atomic E-state index is 0.350. The van der Waals surface area contributed by atoms with Crippen LogP contribution in [0.1, 0.15) is 42.5 Å². The van der Waals surface area contributed by atoms with Crippen molar-refractivity contribution >= 4 is 5.69 Å². The Bertz CT molecular complexity index is 619. The standard InChI is InChI=1S/C18H21NO/c1-12(2)13-7-8-17-15(9-13)11-18(19-17)14-5-4-6-16(10-14)20-3/h4-10,12,18-19H,11H2,1-3H3. The number of hydrogen-bond donors (Lipinski definition) is 1. The van der Waals surface area contributed by atoms with Gasteiger partial charge in [-0.2, -0.15) is 0 Å². The van der Waals surface area contributed by atoms with E-state index in [4.69, 9.17) is 4.74 Å². The molecule has 2 aromatic carbocycles. The van der Waals surface area contributed by atoms with Gasteiger partial charge in [0.15, 0.2) is 0 Å². The van der Waals surface area contributed by atoms with E-state index in [2.05, 4.69) is 55.6 Å². The average Bonchev–Trinajstić information content (AvgIpc) is 2.90. The predicted molar refractivity (Wildman–Crippen MR) is 83.6 cm³/mol. The van der Waals surface area contributed by atoms with E-state index in [1.54, 1.807) is 7.11 Å². The summed E-state index contributed by atoms with van der Waals surface area (Å²) < 4.78 is 5.31. The summed E-state index contributed by atoms with van der Waals surface area (Å²) in [5, 5.41) is 3.61. The van der Waals surface area contributed by atoms with E-state index in [9.17, 15) is 0 Å². The lowest BCUT2D eigenvalue weighted by Gasteiger charge is -2.12. The molecule has 2 nitrogen and oxygen atoms in total. The Morgan fingerprint density at radius 3 is 2.75 bits per heavy atom. The van der Waals surface area contributed by atoms with Crippen LogP contribution in [0.2, 0.25) is 0 Å². The third-order valence-corrected chi connectivity index (χ3v) is 4.05. The lowest BCUT2D eigenvalue weighted by atomic mass is 9.97. The number of ether oxygens (including phenoxy) is 1. The first kappa shape index (κ1) is 13.0. The molecule has 0 aromatic heterocycles. The van der Waals surface area contributed by atoms with Crippen LogP contribution in [0.4, 0.5) is 5.69 Å². The molecule has 1 unspecified atom stereocenters. The molecule has 20 heavy (non-hydrogen) atoms. The van der Waals surface area contributed by atoms with E-state index in [0.717, 1.165) is 12.2 Å². The highest BCUT2D eigenvalue weighted by Crippen LogP contribution is 2.36. The molecular formula is C18H21NO. The summed E-state index contributed by atoms with van der Waals surface area (Å²) in [5.41, 5.74) is 5.38. The van der Waals surface area contributed by atoms with Crippen LogP contribution in [0.15, 0.2) is 42.5 Å². The molecule has 1 N–H and O–H groups in total. The number of methoxy groups -OCH3 is 1. The minimum Gasteiger partial charge on any atom is -0.497 e. The summed E-state index contributed by atoms with van der Waals surface area (Å²) in [4.78, 5) is 0. The van der Waals surface area contributed by atoms with Crippen molar-refractivity contribution in [2.75, 3.05) is 12.4 Å². The molecule has 1 aliphatic heterocycles. The lowest BCUT2D eigenvalue weighted by Crippen LogP contribution is -2.05. The van der Waals surface area contributed by atoms with Crippen LogP contribution in [-0.2, 0) is 6.42 Å². The van der Waals surface area contributed by atoms with Crippen LogP contribution in [0.25, 0.3) is 0 Å². The molecule has 3 rings (SSSR count). The summed E-state index contributed by atoms with van der Waals surface area (Å²) in [7, 11) is 1.71. The molecule has 2 heteroatoms. The van der Waals surface area contributed by atoms with Crippen LogP contribution in [0, 0.1) is 0 Å². The van der Waals surface area contributed by atoms with Gasteiger partial charge in [-0.25, -0.2) is 0 Å². The Labute approximate surface area is 120 Å². The van der Waals surface area contributed by atoms with Crippen molar-refractivity contribution in [1.29, 1.82) is 0 Å². The molecule has 0 spiro atoms. The number of fused-ring (bicyclic) bond motifs is 1. The van der Waals surface area contributed by atoms with Crippen molar-refractivity contribution in [3.05, 3.63) is 59.2 Å². The first-order chi connectivity index (χ1) is 9.67. The normalized spacial score (nSPS) is 16.9.